The van der Waals surface area contributed by atoms with Crippen molar-refractivity contribution in [3.05, 3.63) is 77.6 Å². The van der Waals surface area contributed by atoms with E-state index in [4.69, 9.17) is 9.05 Å². The average Bonchev–Trinajstić information content (AvgIpc) is 3.22. The number of carbonyl (C=O) groups excluding carboxylic acids is 1. The van der Waals surface area contributed by atoms with Crippen LogP contribution in [0.15, 0.2) is 60.8 Å². The molecule has 7 nitrogen and oxygen atoms in total. The van der Waals surface area contributed by atoms with Gasteiger partial charge >= 0.3 is 0 Å². The highest BCUT2D eigenvalue weighted by atomic mass is 31.2. The molecule has 0 aliphatic carbocycles. The molecule has 0 unspecified atom stereocenters. The predicted octanol–water partition coefficient (Wildman–Crippen LogP) is 3.89. The van der Waals surface area contributed by atoms with Crippen LogP contribution in [0.2, 0.25) is 0 Å². The molecular weight excluding hydrogens is 375 g/mol. The van der Waals surface area contributed by atoms with E-state index in [-0.39, 0.29) is 5.78 Å². The maximum absolute atomic E-state index is 12.5. The van der Waals surface area contributed by atoms with E-state index in [1.807, 2.05) is 62.5 Å². The molecule has 1 aromatic heterocycles. The number of ketones is 1. The van der Waals surface area contributed by atoms with Crippen molar-refractivity contribution >= 4 is 14.3 Å². The smallest absolute Gasteiger partial charge is 0.256 e. The van der Waals surface area contributed by atoms with E-state index in [2.05, 4.69) is 15.4 Å². The van der Waals surface area contributed by atoms with E-state index in [1.165, 1.54) is 0 Å². The number of rotatable bonds is 10. The van der Waals surface area contributed by atoms with Crippen molar-refractivity contribution < 1.29 is 13.8 Å². The van der Waals surface area contributed by atoms with Crippen LogP contribution in [-0.4, -0.2) is 34.0 Å². The van der Waals surface area contributed by atoms with Gasteiger partial charge in [-0.2, -0.15) is 0 Å². The monoisotopic (exact) mass is 398 g/mol. The quantitative estimate of drug-likeness (QED) is 0.412. The fourth-order valence-corrected chi connectivity index (χ4v) is 3.55. The fourth-order valence-electron chi connectivity index (χ4n) is 2.54. The van der Waals surface area contributed by atoms with Crippen molar-refractivity contribution in [1.29, 1.82) is 0 Å². The highest BCUT2D eigenvalue weighted by Gasteiger charge is 2.12. The van der Waals surface area contributed by atoms with Gasteiger partial charge in [-0.3, -0.25) is 4.79 Å². The number of benzene rings is 2. The zero-order valence-corrected chi connectivity index (χ0v) is 16.8. The summed E-state index contributed by atoms with van der Waals surface area (Å²) in [7, 11) is -1.13. The number of hydrogen-bond donors (Lipinski definition) is 1. The molecule has 1 N–H and O–H groups in total. The van der Waals surface area contributed by atoms with Crippen molar-refractivity contribution in [2.75, 3.05) is 13.2 Å². The Morgan fingerprint density at radius 1 is 1.00 bits per heavy atom. The van der Waals surface area contributed by atoms with Crippen LogP contribution in [0.1, 0.15) is 35.5 Å². The first-order valence-corrected chi connectivity index (χ1v) is 10.3. The Kier molecular flexibility index (Phi) is 7.39. The van der Waals surface area contributed by atoms with Crippen molar-refractivity contribution in [1.82, 2.24) is 20.1 Å². The van der Waals surface area contributed by atoms with E-state index in [1.54, 1.807) is 16.8 Å². The number of carbonyl (C=O) groups is 1. The van der Waals surface area contributed by atoms with Gasteiger partial charge in [0.15, 0.2) is 5.78 Å². The first-order chi connectivity index (χ1) is 13.7. The molecule has 1 heterocycles. The molecule has 0 atom stereocenters. The van der Waals surface area contributed by atoms with Crippen LogP contribution in [-0.2, 0) is 15.6 Å². The lowest BCUT2D eigenvalue weighted by Crippen LogP contribution is -2.11. The number of aromatic nitrogens is 3. The summed E-state index contributed by atoms with van der Waals surface area (Å²) in [4.78, 5) is 12.5. The molecule has 0 bridgehead atoms. The largest absolute Gasteiger partial charge is 0.322 e. The Labute approximate surface area is 165 Å². The van der Waals surface area contributed by atoms with Gasteiger partial charge in [0.1, 0.15) is 0 Å². The van der Waals surface area contributed by atoms with Gasteiger partial charge in [-0.1, -0.05) is 35.5 Å². The zero-order chi connectivity index (χ0) is 19.8. The summed E-state index contributed by atoms with van der Waals surface area (Å²) in [5.74, 6) is -0.00386. The molecule has 0 radical (unpaired) electrons. The number of hydrogen-bond acceptors (Lipinski definition) is 6. The molecule has 3 aromatic rings. The second-order valence-electron chi connectivity index (χ2n) is 5.82. The fraction of sp³-hybridized carbons (Fsp3) is 0.250. The second kappa shape index (κ2) is 10.2. The van der Waals surface area contributed by atoms with E-state index < -0.39 is 8.53 Å². The Morgan fingerprint density at radius 3 is 2.29 bits per heavy atom. The third-order valence-corrected chi connectivity index (χ3v) is 5.25. The molecule has 0 saturated heterocycles. The highest BCUT2D eigenvalue weighted by Crippen LogP contribution is 2.33. The van der Waals surface area contributed by atoms with E-state index in [9.17, 15) is 4.79 Å². The second-order valence-corrected chi connectivity index (χ2v) is 7.17. The molecule has 0 aliphatic rings. The topological polar surface area (TPSA) is 78.3 Å². The van der Waals surface area contributed by atoms with Gasteiger partial charge in [0.2, 0.25) is 0 Å². The molecule has 0 spiro atoms. The summed E-state index contributed by atoms with van der Waals surface area (Å²) in [6, 6.07) is 16.5. The molecule has 3 rings (SSSR count). The summed E-state index contributed by atoms with van der Waals surface area (Å²) >= 11 is 0. The maximum Gasteiger partial charge on any atom is 0.256 e. The minimum atomic E-state index is -1.13. The minimum Gasteiger partial charge on any atom is -0.322 e. The normalized spacial score (nSPS) is 11.1. The van der Waals surface area contributed by atoms with Crippen LogP contribution < -0.4 is 5.09 Å². The number of nitrogens with one attached hydrogen (secondary N) is 1. The van der Waals surface area contributed by atoms with Crippen molar-refractivity contribution in [2.45, 2.75) is 20.4 Å². The molecule has 0 saturated carbocycles. The zero-order valence-electron chi connectivity index (χ0n) is 15.9. The van der Waals surface area contributed by atoms with Gasteiger partial charge < -0.3 is 9.05 Å². The Bertz CT molecular complexity index is 878. The van der Waals surface area contributed by atoms with Crippen molar-refractivity contribution in [2.24, 2.45) is 0 Å². The van der Waals surface area contributed by atoms with Crippen LogP contribution in [0.3, 0.4) is 0 Å². The van der Waals surface area contributed by atoms with Crippen LogP contribution in [0.5, 0.6) is 0 Å². The first-order valence-electron chi connectivity index (χ1n) is 9.12. The van der Waals surface area contributed by atoms with Gasteiger partial charge in [0.25, 0.3) is 8.53 Å². The summed E-state index contributed by atoms with van der Waals surface area (Å²) in [5, 5.41) is 11.5. The first kappa shape index (κ1) is 20.3. The van der Waals surface area contributed by atoms with Crippen LogP contribution in [0.25, 0.3) is 5.69 Å². The molecule has 28 heavy (non-hydrogen) atoms. The molecule has 0 aliphatic heterocycles. The Hall–Kier alpha value is -2.44. The Morgan fingerprint density at radius 2 is 1.64 bits per heavy atom. The average molecular weight is 398 g/mol. The van der Waals surface area contributed by atoms with E-state index in [0.717, 1.165) is 11.4 Å². The number of nitrogens with zero attached hydrogens (tertiary/aromatic N) is 3. The summed E-state index contributed by atoms with van der Waals surface area (Å²) < 4.78 is 12.7. The van der Waals surface area contributed by atoms with Gasteiger partial charge in [0.05, 0.1) is 30.8 Å². The van der Waals surface area contributed by atoms with Gasteiger partial charge in [-0.15, -0.1) is 5.10 Å². The van der Waals surface area contributed by atoms with Crippen LogP contribution >= 0.6 is 8.53 Å². The van der Waals surface area contributed by atoms with E-state index >= 15 is 0 Å². The van der Waals surface area contributed by atoms with Crippen LogP contribution in [0.4, 0.5) is 0 Å². The van der Waals surface area contributed by atoms with Crippen molar-refractivity contribution in [3.8, 4) is 5.69 Å². The lowest BCUT2D eigenvalue weighted by molar-refractivity contribution is 0.103. The summed E-state index contributed by atoms with van der Waals surface area (Å²) in [5.41, 5.74) is 2.91. The van der Waals surface area contributed by atoms with Gasteiger partial charge in [-0.25, -0.2) is 9.77 Å². The summed E-state index contributed by atoms with van der Waals surface area (Å²) in [6.45, 7) is 5.52. The Balaban J connectivity index is 1.64. The minimum absolute atomic E-state index is 0.00386. The molecule has 2 aromatic carbocycles. The van der Waals surface area contributed by atoms with Crippen molar-refractivity contribution in [3.63, 3.8) is 0 Å². The van der Waals surface area contributed by atoms with Gasteiger partial charge in [0, 0.05) is 17.7 Å². The lowest BCUT2D eigenvalue weighted by Gasteiger charge is -2.15. The highest BCUT2D eigenvalue weighted by molar-refractivity contribution is 7.44. The van der Waals surface area contributed by atoms with Crippen LogP contribution in [0, 0.1) is 0 Å². The standard InChI is InChI=1S/C20H23N4O3P/c1-3-26-28(27-4-2)21-14-18-15-24(23-22-18)19-12-10-17(11-13-19)20(25)16-8-6-5-7-9-16/h5-13,15,21H,3-4,14H2,1-2H3. The lowest BCUT2D eigenvalue weighted by atomic mass is 10.0. The molecule has 0 amide bonds. The SMILES string of the molecule is CCOP(NCc1cn(-c2ccc(C(=O)c3ccccc3)cc2)nn1)OCC. The molecule has 146 valence electrons. The van der Waals surface area contributed by atoms with Gasteiger partial charge in [-0.05, 0) is 38.1 Å². The summed E-state index contributed by atoms with van der Waals surface area (Å²) in [6.07, 6.45) is 1.84. The molecule has 8 heteroatoms. The third kappa shape index (κ3) is 5.30. The third-order valence-electron chi connectivity index (χ3n) is 3.85. The predicted molar refractivity (Wildman–Crippen MR) is 108 cm³/mol. The molecular formula is C20H23N4O3P. The maximum atomic E-state index is 12.5. The molecule has 0 fully saturated rings. The van der Waals surface area contributed by atoms with E-state index in [0.29, 0.717) is 30.9 Å².